The average molecular weight is 993 g/mol. The Kier molecular flexibility index (Phi) is 8.36. The van der Waals surface area contributed by atoms with Crippen LogP contribution in [0, 0.1) is 0 Å². The molecule has 360 valence electrons. The minimum atomic E-state index is -0.404. The molecule has 0 saturated heterocycles. The van der Waals surface area contributed by atoms with Crippen LogP contribution in [0.15, 0.2) is 291 Å². The highest BCUT2D eigenvalue weighted by Gasteiger charge is 2.20. The minimum Gasteiger partial charge on any atom is -0.0622 e. The fourth-order valence-corrected chi connectivity index (χ4v) is 12.7. The van der Waals surface area contributed by atoms with Gasteiger partial charge in [0, 0.05) is 0 Å². The maximum atomic E-state index is 9.13. The Morgan fingerprint density at radius 3 is 1.18 bits per heavy atom. The molecule has 0 unspecified atom stereocenters. The van der Waals surface area contributed by atoms with Crippen molar-refractivity contribution in [1.82, 2.24) is 0 Å². The molecule has 0 heterocycles. The van der Waals surface area contributed by atoms with Gasteiger partial charge in [0.1, 0.15) is 0 Å². The van der Waals surface area contributed by atoms with Gasteiger partial charge in [-0.3, -0.25) is 0 Å². The molecule has 0 N–H and O–H groups in total. The normalized spacial score (nSPS) is 13.3. The van der Waals surface area contributed by atoms with Crippen molar-refractivity contribution in [2.24, 2.45) is 0 Å². The molecule has 0 spiro atoms. The first-order chi connectivity index (χ1) is 42.0. The van der Waals surface area contributed by atoms with Crippen LogP contribution in [0.3, 0.4) is 0 Å². The molecule has 0 aliphatic rings. The van der Waals surface area contributed by atoms with Crippen molar-refractivity contribution >= 4 is 108 Å². The predicted octanol–water partition coefficient (Wildman–Crippen LogP) is 22.1. The zero-order valence-electron chi connectivity index (χ0n) is 50.1. The third-order valence-corrected chi connectivity index (χ3v) is 16.2. The van der Waals surface area contributed by atoms with Crippen LogP contribution in [0.25, 0.3) is 163 Å². The van der Waals surface area contributed by atoms with Gasteiger partial charge in [-0.2, -0.15) is 0 Å². The molecular weight excluding hydrogens is 937 g/mol. The number of fused-ring (bicyclic) bond motifs is 4. The smallest absolute Gasteiger partial charge is 0.0622 e. The van der Waals surface area contributed by atoms with Crippen LogP contribution in [-0.2, 0) is 0 Å². The first kappa shape index (κ1) is 36.7. The molecular formula is C78H48. The quantitative estimate of drug-likeness (QED) is 0.119. The molecule has 0 aliphatic heterocycles. The highest BCUT2D eigenvalue weighted by molar-refractivity contribution is 6.28. The lowest BCUT2D eigenvalue weighted by Gasteiger charge is -2.19. The Balaban J connectivity index is 0.000000140. The molecule has 0 aliphatic carbocycles. The van der Waals surface area contributed by atoms with Gasteiger partial charge in [0.25, 0.3) is 0 Å². The predicted molar refractivity (Wildman–Crippen MR) is 337 cm³/mol. The van der Waals surface area contributed by atoms with Gasteiger partial charge in [-0.05, 0) is 188 Å². The maximum Gasteiger partial charge on any atom is 0.0629 e. The number of hydrogen-bond donors (Lipinski definition) is 0. The van der Waals surface area contributed by atoms with E-state index in [1.54, 1.807) is 0 Å². The molecule has 0 aromatic heterocycles. The molecule has 0 fully saturated rings. The third kappa shape index (κ3) is 7.01. The topological polar surface area (TPSA) is 0 Å². The molecule has 17 aromatic carbocycles. The Hall–Kier alpha value is -10.1. The summed E-state index contributed by atoms with van der Waals surface area (Å²) in [5.74, 6) is 0. The van der Waals surface area contributed by atoms with Gasteiger partial charge in [-0.25, -0.2) is 0 Å². The second-order valence-electron chi connectivity index (χ2n) is 20.4. The third-order valence-electron chi connectivity index (χ3n) is 16.2. The summed E-state index contributed by atoms with van der Waals surface area (Å²) >= 11 is 0. The van der Waals surface area contributed by atoms with Crippen molar-refractivity contribution in [3.8, 4) is 55.6 Å². The average Bonchev–Trinajstić information content (AvgIpc) is 0.739. The lowest BCUT2D eigenvalue weighted by Crippen LogP contribution is -1.91. The highest BCUT2D eigenvalue weighted by atomic mass is 14.2. The first-order valence-corrected chi connectivity index (χ1v) is 26.5. The van der Waals surface area contributed by atoms with E-state index in [0.29, 0.717) is 22.3 Å². The number of benzene rings is 17. The van der Waals surface area contributed by atoms with Crippen LogP contribution in [0.4, 0.5) is 0 Å². The second kappa shape index (κ2) is 17.7. The Bertz CT molecular complexity index is 5410. The molecule has 0 atom stereocenters. The van der Waals surface area contributed by atoms with Gasteiger partial charge < -0.3 is 0 Å². The Morgan fingerprint density at radius 2 is 0.603 bits per heavy atom. The van der Waals surface area contributed by atoms with Crippen LogP contribution in [0.5, 0.6) is 0 Å². The van der Waals surface area contributed by atoms with Crippen molar-refractivity contribution in [3.63, 3.8) is 0 Å². The summed E-state index contributed by atoms with van der Waals surface area (Å²) < 4.78 is 70.9. The van der Waals surface area contributed by atoms with Crippen LogP contribution in [0.2, 0.25) is 0 Å². The summed E-state index contributed by atoms with van der Waals surface area (Å²) in [6.45, 7) is 0. The van der Waals surface area contributed by atoms with E-state index in [9.17, 15) is 0 Å². The largest absolute Gasteiger partial charge is 0.0629 e. The second-order valence-corrected chi connectivity index (χ2v) is 20.4. The maximum absolute atomic E-state index is 9.13. The summed E-state index contributed by atoms with van der Waals surface area (Å²) in [4.78, 5) is 0. The van der Waals surface area contributed by atoms with Gasteiger partial charge in [0.15, 0.2) is 0 Å². The molecule has 0 nitrogen and oxygen atoms in total. The lowest BCUT2D eigenvalue weighted by molar-refractivity contribution is 1.59. The lowest BCUT2D eigenvalue weighted by atomic mass is 9.84. The zero-order chi connectivity index (χ0) is 58.2. The van der Waals surface area contributed by atoms with Crippen molar-refractivity contribution in [2.75, 3.05) is 0 Å². The van der Waals surface area contributed by atoms with E-state index >= 15 is 0 Å². The van der Waals surface area contributed by atoms with Gasteiger partial charge in [0.05, 0.1) is 11.0 Å². The van der Waals surface area contributed by atoms with E-state index in [1.165, 1.54) is 98.0 Å². The van der Waals surface area contributed by atoms with Crippen molar-refractivity contribution in [1.29, 1.82) is 0 Å². The van der Waals surface area contributed by atoms with Gasteiger partial charge in [0.2, 0.25) is 0 Å². The van der Waals surface area contributed by atoms with Crippen LogP contribution in [-0.4, -0.2) is 0 Å². The molecule has 0 radical (unpaired) electrons. The SMILES string of the molecule is [2H]c1c([2H])c([2H])c2c(-c3cccc4ccccc34)c3c([2H])c([2H])c([2H])c([2H])c3c(-c3ccc4ccccc4c3)c2c1[2H].c1ccc(-c2cc(-c3ccc4ccc5cccc6ccc3c4c56)cc(-c3ccc4ccc5cccc6ccc3c4c56)c2)cc1. The van der Waals surface area contributed by atoms with Crippen LogP contribution >= 0.6 is 0 Å². The fourth-order valence-electron chi connectivity index (χ4n) is 12.7. The zero-order valence-corrected chi connectivity index (χ0v) is 42.1. The standard InChI is InChI=1S/C44H26.C34H22/c1-2-6-27(7-3-1)34-24-35(37-20-16-32-14-12-28-8-4-10-30-18-22-39(37)43(32)41(28)30)26-36(25-34)38-21-17-33-15-13-29-9-5-11-31-19-23-40(38)44(33)42(29)31;1-2-12-25-22-26(21-20-23(25)10-1)33-29-15-5-7-17-31(29)34(32-18-8-6-16-30(32)33)28-19-9-13-24-11-3-4-14-27(24)28/h1-26H;1-22H/i;5D,6D,7D,8D,15D,16D,17D,18D. The molecule has 17 rings (SSSR count). The van der Waals surface area contributed by atoms with E-state index in [4.69, 9.17) is 11.0 Å². The molecule has 0 saturated carbocycles. The molecule has 17 aromatic rings. The summed E-state index contributed by atoms with van der Waals surface area (Å²) in [5.41, 5.74) is 9.43. The molecule has 0 bridgehead atoms. The first-order valence-electron chi connectivity index (χ1n) is 30.5. The summed E-state index contributed by atoms with van der Waals surface area (Å²) in [5, 5.41) is 20.3. The van der Waals surface area contributed by atoms with Crippen molar-refractivity contribution in [3.05, 3.63) is 291 Å². The van der Waals surface area contributed by atoms with E-state index < -0.39 is 24.2 Å². The van der Waals surface area contributed by atoms with E-state index in [0.717, 1.165) is 21.5 Å². The molecule has 0 heteroatoms. The summed E-state index contributed by atoms with van der Waals surface area (Å²) in [6, 6.07) is 82.8. The van der Waals surface area contributed by atoms with Crippen LogP contribution < -0.4 is 0 Å². The van der Waals surface area contributed by atoms with E-state index in [2.05, 4.69) is 158 Å². The highest BCUT2D eigenvalue weighted by Crippen LogP contribution is 2.47. The van der Waals surface area contributed by atoms with Crippen molar-refractivity contribution < 1.29 is 11.0 Å². The van der Waals surface area contributed by atoms with E-state index in [1.807, 2.05) is 84.9 Å². The van der Waals surface area contributed by atoms with E-state index in [-0.39, 0.29) is 45.7 Å². The fraction of sp³-hybridized carbons (Fsp3) is 0. The van der Waals surface area contributed by atoms with Gasteiger partial charge in [-0.1, -0.05) is 267 Å². The Morgan fingerprint density at radius 1 is 0.192 bits per heavy atom. The molecule has 0 amide bonds. The van der Waals surface area contributed by atoms with Crippen LogP contribution in [0.1, 0.15) is 11.0 Å². The number of hydrogen-bond acceptors (Lipinski definition) is 0. The summed E-state index contributed by atoms with van der Waals surface area (Å²) in [6.07, 6.45) is 0. The Labute approximate surface area is 463 Å². The number of rotatable bonds is 5. The van der Waals surface area contributed by atoms with Gasteiger partial charge >= 0.3 is 0 Å². The van der Waals surface area contributed by atoms with Crippen molar-refractivity contribution in [2.45, 2.75) is 0 Å². The van der Waals surface area contributed by atoms with Gasteiger partial charge in [-0.15, -0.1) is 0 Å². The monoisotopic (exact) mass is 992 g/mol. The molecule has 78 heavy (non-hydrogen) atoms. The summed E-state index contributed by atoms with van der Waals surface area (Å²) in [7, 11) is 0. The minimum absolute atomic E-state index is 0.219.